The first-order chi connectivity index (χ1) is 12.9. The van der Waals surface area contributed by atoms with E-state index >= 15 is 0 Å². The van der Waals surface area contributed by atoms with Gasteiger partial charge in [-0.3, -0.25) is 14.2 Å². The molecule has 6 nitrogen and oxygen atoms in total. The topological polar surface area (TPSA) is 79.8 Å². The van der Waals surface area contributed by atoms with Crippen LogP contribution in [-0.4, -0.2) is 26.2 Å². The highest BCUT2D eigenvalue weighted by Crippen LogP contribution is 2.23. The van der Waals surface area contributed by atoms with E-state index in [-0.39, 0.29) is 23.3 Å². The minimum absolute atomic E-state index is 0.00588. The minimum Gasteiger partial charge on any atom is -0.353 e. The molecule has 0 spiro atoms. The number of hydrogen-bond donors (Lipinski definition) is 2. The van der Waals surface area contributed by atoms with Crippen molar-refractivity contribution in [3.63, 3.8) is 0 Å². The molecular formula is C19H21BrN4O2S. The van der Waals surface area contributed by atoms with E-state index in [1.165, 1.54) is 11.8 Å². The third-order valence-corrected chi connectivity index (χ3v) is 5.70. The maximum atomic E-state index is 12.9. The van der Waals surface area contributed by atoms with Gasteiger partial charge in [-0.1, -0.05) is 40.7 Å². The average Bonchev–Trinajstić information content (AvgIpc) is 3.00. The molecule has 1 amide bonds. The van der Waals surface area contributed by atoms with Crippen molar-refractivity contribution in [2.75, 3.05) is 11.1 Å². The number of halogens is 1. The number of carbonyl (C=O) groups is 1. The number of rotatable bonds is 6. The van der Waals surface area contributed by atoms with Crippen molar-refractivity contribution in [3.8, 4) is 0 Å². The summed E-state index contributed by atoms with van der Waals surface area (Å²) in [6.45, 7) is 5.90. The lowest BCUT2D eigenvalue weighted by atomic mass is 10.2. The van der Waals surface area contributed by atoms with E-state index in [0.29, 0.717) is 16.2 Å². The molecule has 2 heterocycles. The van der Waals surface area contributed by atoms with Crippen LogP contribution in [-0.2, 0) is 4.79 Å². The second-order valence-corrected chi connectivity index (χ2v) is 8.24. The van der Waals surface area contributed by atoms with Gasteiger partial charge in [-0.25, -0.2) is 4.98 Å². The first-order valence-corrected chi connectivity index (χ1v) is 10.5. The Labute approximate surface area is 169 Å². The molecule has 1 atom stereocenters. The Morgan fingerprint density at radius 3 is 2.89 bits per heavy atom. The van der Waals surface area contributed by atoms with E-state index in [9.17, 15) is 9.59 Å². The summed E-state index contributed by atoms with van der Waals surface area (Å²) in [4.78, 5) is 33.0. The highest BCUT2D eigenvalue weighted by Gasteiger charge is 2.18. The van der Waals surface area contributed by atoms with Gasteiger partial charge in [0.15, 0.2) is 5.16 Å². The van der Waals surface area contributed by atoms with Gasteiger partial charge < -0.3 is 10.3 Å². The largest absolute Gasteiger partial charge is 0.353 e. The third kappa shape index (κ3) is 4.44. The van der Waals surface area contributed by atoms with Crippen molar-refractivity contribution in [2.45, 2.75) is 38.4 Å². The van der Waals surface area contributed by atoms with Crippen molar-refractivity contribution < 1.29 is 4.79 Å². The molecule has 0 aliphatic carbocycles. The Morgan fingerprint density at radius 1 is 1.41 bits per heavy atom. The van der Waals surface area contributed by atoms with E-state index in [2.05, 4.69) is 31.2 Å². The molecule has 27 heavy (non-hydrogen) atoms. The van der Waals surface area contributed by atoms with Crippen LogP contribution in [0.1, 0.15) is 32.0 Å². The second kappa shape index (κ2) is 8.31. The predicted octanol–water partition coefficient (Wildman–Crippen LogP) is 4.50. The van der Waals surface area contributed by atoms with E-state index < -0.39 is 0 Å². The molecule has 1 aromatic carbocycles. The zero-order valence-electron chi connectivity index (χ0n) is 15.4. The maximum Gasteiger partial charge on any atom is 0.278 e. The Bertz CT molecular complexity index is 1040. The van der Waals surface area contributed by atoms with Crippen LogP contribution in [0.4, 0.5) is 5.69 Å². The maximum absolute atomic E-state index is 12.9. The molecule has 2 N–H and O–H groups in total. The summed E-state index contributed by atoms with van der Waals surface area (Å²) < 4.78 is 2.57. The molecule has 0 unspecified atom stereocenters. The molecule has 142 valence electrons. The van der Waals surface area contributed by atoms with Crippen LogP contribution in [0.15, 0.2) is 44.8 Å². The summed E-state index contributed by atoms with van der Waals surface area (Å²) in [5, 5.41) is 3.42. The molecule has 0 fully saturated rings. The lowest BCUT2D eigenvalue weighted by Gasteiger charge is -2.17. The number of anilines is 1. The Hall–Kier alpha value is -2.06. The van der Waals surface area contributed by atoms with Gasteiger partial charge in [0.1, 0.15) is 5.52 Å². The van der Waals surface area contributed by atoms with Crippen LogP contribution in [0.25, 0.3) is 11.0 Å². The summed E-state index contributed by atoms with van der Waals surface area (Å²) in [6, 6.07) is 9.27. The number of nitrogens with one attached hydrogen (secondary N) is 2. The zero-order chi connectivity index (χ0) is 19.6. The number of nitrogens with zero attached hydrogens (tertiary/aromatic N) is 2. The van der Waals surface area contributed by atoms with Crippen LogP contribution in [0, 0.1) is 6.92 Å². The van der Waals surface area contributed by atoms with Crippen molar-refractivity contribution in [1.29, 1.82) is 0 Å². The molecule has 0 radical (unpaired) electrons. The number of benzene rings is 1. The fourth-order valence-corrected chi connectivity index (χ4v) is 4.05. The number of carbonyl (C=O) groups excluding carboxylic acids is 1. The Balaban J connectivity index is 1.85. The van der Waals surface area contributed by atoms with Crippen LogP contribution in [0.2, 0.25) is 0 Å². The van der Waals surface area contributed by atoms with E-state index in [1.807, 2.05) is 51.1 Å². The zero-order valence-corrected chi connectivity index (χ0v) is 17.8. The van der Waals surface area contributed by atoms with Gasteiger partial charge in [0.2, 0.25) is 5.91 Å². The monoisotopic (exact) mass is 448 g/mol. The van der Waals surface area contributed by atoms with Gasteiger partial charge in [-0.05, 0) is 44.5 Å². The first-order valence-electron chi connectivity index (χ1n) is 8.69. The second-order valence-electron chi connectivity index (χ2n) is 6.39. The van der Waals surface area contributed by atoms with Crippen molar-refractivity contribution in [1.82, 2.24) is 14.5 Å². The van der Waals surface area contributed by atoms with E-state index in [1.54, 1.807) is 4.57 Å². The van der Waals surface area contributed by atoms with Crippen molar-refractivity contribution in [3.05, 3.63) is 50.9 Å². The van der Waals surface area contributed by atoms with E-state index in [0.717, 1.165) is 22.3 Å². The third-order valence-electron chi connectivity index (χ3n) is 4.26. The quantitative estimate of drug-likeness (QED) is 0.429. The number of fused-ring (bicyclic) bond motifs is 1. The molecule has 8 heteroatoms. The minimum atomic E-state index is -0.145. The van der Waals surface area contributed by atoms with Gasteiger partial charge in [-0.15, -0.1) is 0 Å². The van der Waals surface area contributed by atoms with Crippen LogP contribution in [0.3, 0.4) is 0 Å². The molecule has 0 saturated heterocycles. The number of amides is 1. The lowest BCUT2D eigenvalue weighted by Crippen LogP contribution is -2.26. The van der Waals surface area contributed by atoms with Gasteiger partial charge >= 0.3 is 0 Å². The molecule has 3 rings (SSSR count). The summed E-state index contributed by atoms with van der Waals surface area (Å²) in [7, 11) is 0. The molecule has 0 aliphatic rings. The lowest BCUT2D eigenvalue weighted by molar-refractivity contribution is -0.113. The van der Waals surface area contributed by atoms with E-state index in [4.69, 9.17) is 0 Å². The number of aryl methyl sites for hydroxylation is 1. The molecule has 0 bridgehead atoms. The number of aromatic amines is 1. The van der Waals surface area contributed by atoms with Crippen LogP contribution in [0.5, 0.6) is 0 Å². The fraction of sp³-hybridized carbons (Fsp3) is 0.316. The standard InChI is InChI=1S/C19H21BrN4O2S/c1-4-12(3)24-18(26)17-15(8-11(2)21-17)23-19(24)27-10-16(25)22-14-7-5-6-13(20)9-14/h5-9,12,21H,4,10H2,1-3H3,(H,22,25)/t12-/m1/s1. The molecule has 0 saturated carbocycles. The number of aromatic nitrogens is 3. The Morgan fingerprint density at radius 2 is 2.19 bits per heavy atom. The van der Waals surface area contributed by atoms with Gasteiger partial charge in [0.25, 0.3) is 5.56 Å². The van der Waals surface area contributed by atoms with Crippen molar-refractivity contribution >= 4 is 50.3 Å². The molecule has 3 aromatic rings. The first kappa shape index (κ1) is 19.7. The van der Waals surface area contributed by atoms with Gasteiger partial charge in [0, 0.05) is 21.9 Å². The SMILES string of the molecule is CC[C@@H](C)n1c(SCC(=O)Nc2cccc(Br)c2)nc2cc(C)[nH]c2c1=O. The number of thioether (sulfide) groups is 1. The molecule has 0 aliphatic heterocycles. The van der Waals surface area contributed by atoms with Gasteiger partial charge in [-0.2, -0.15) is 0 Å². The number of hydrogen-bond acceptors (Lipinski definition) is 4. The average molecular weight is 449 g/mol. The highest BCUT2D eigenvalue weighted by atomic mass is 79.9. The Kier molecular flexibility index (Phi) is 6.06. The van der Waals surface area contributed by atoms with Crippen LogP contribution < -0.4 is 10.9 Å². The smallest absolute Gasteiger partial charge is 0.278 e. The molecule has 2 aromatic heterocycles. The fourth-order valence-electron chi connectivity index (χ4n) is 2.76. The number of H-pyrrole nitrogens is 1. The summed E-state index contributed by atoms with van der Waals surface area (Å²) in [5.74, 6) is 0.0259. The summed E-state index contributed by atoms with van der Waals surface area (Å²) in [5.41, 5.74) is 2.65. The highest BCUT2D eigenvalue weighted by molar-refractivity contribution is 9.10. The normalized spacial score (nSPS) is 12.3. The van der Waals surface area contributed by atoms with Crippen LogP contribution >= 0.6 is 27.7 Å². The predicted molar refractivity (Wildman–Crippen MR) is 114 cm³/mol. The molecular weight excluding hydrogens is 428 g/mol. The summed E-state index contributed by atoms with van der Waals surface area (Å²) >= 11 is 4.66. The van der Waals surface area contributed by atoms with Crippen molar-refractivity contribution in [2.24, 2.45) is 0 Å². The summed E-state index contributed by atoms with van der Waals surface area (Å²) in [6.07, 6.45) is 0.796. The van der Waals surface area contributed by atoms with Gasteiger partial charge in [0.05, 0.1) is 11.3 Å².